The molecule has 2 aromatic heterocycles. The minimum atomic E-state index is -1.76. The van der Waals surface area contributed by atoms with E-state index < -0.39 is 13.4 Å². The molecule has 11 nitrogen and oxygen atoms in total. The Labute approximate surface area is 150 Å². The highest BCUT2D eigenvalue weighted by Crippen LogP contribution is 2.13. The highest BCUT2D eigenvalue weighted by molar-refractivity contribution is 6.32. The average molecular weight is 363 g/mol. The highest BCUT2D eigenvalue weighted by atomic mass is 16.6. The summed E-state index contributed by atoms with van der Waals surface area (Å²) >= 11 is 0. The summed E-state index contributed by atoms with van der Waals surface area (Å²) in [7, 11) is -1.76. The Kier molecular flexibility index (Phi) is 8.08. The van der Waals surface area contributed by atoms with Gasteiger partial charge >= 0.3 is 7.32 Å². The van der Waals surface area contributed by atoms with Gasteiger partial charge in [-0.2, -0.15) is 0 Å². The van der Waals surface area contributed by atoms with Crippen LogP contribution >= 0.6 is 0 Å². The summed E-state index contributed by atoms with van der Waals surface area (Å²) in [6.07, 6.45) is 5.19. The zero-order valence-electron chi connectivity index (χ0n) is 14.2. The van der Waals surface area contributed by atoms with Gasteiger partial charge in [0.2, 0.25) is 5.91 Å². The molecule has 0 aliphatic rings. The molecule has 0 aromatic carbocycles. The van der Waals surface area contributed by atoms with Crippen LogP contribution in [0.5, 0.6) is 0 Å². The lowest BCUT2D eigenvalue weighted by molar-refractivity contribution is -0.122. The van der Waals surface area contributed by atoms with Crippen molar-refractivity contribution in [3.8, 4) is 0 Å². The summed E-state index contributed by atoms with van der Waals surface area (Å²) in [6.45, 7) is 0.579. The maximum atomic E-state index is 12.1. The van der Waals surface area contributed by atoms with Crippen LogP contribution in [0, 0.1) is 0 Å². The van der Waals surface area contributed by atoms with Gasteiger partial charge in [0, 0.05) is 25.5 Å². The molecule has 1 atom stereocenters. The van der Waals surface area contributed by atoms with E-state index in [1.165, 1.54) is 4.68 Å². The number of hydrogen-bond donors (Lipinski definition) is 4. The van der Waals surface area contributed by atoms with Gasteiger partial charge in [-0.3, -0.25) is 9.78 Å². The zero-order valence-corrected chi connectivity index (χ0v) is 14.2. The van der Waals surface area contributed by atoms with Crippen LogP contribution in [0.2, 0.25) is 0 Å². The summed E-state index contributed by atoms with van der Waals surface area (Å²) in [5.41, 5.74) is 7.02. The number of unbranched alkanes of at least 4 members (excludes halogenated alkanes) is 1. The van der Waals surface area contributed by atoms with Gasteiger partial charge in [0.05, 0.1) is 6.04 Å². The maximum absolute atomic E-state index is 12.1. The molecule has 2 rings (SSSR count). The number of nitrogens with one attached hydrogen (secondary N) is 1. The van der Waals surface area contributed by atoms with E-state index in [0.717, 1.165) is 5.56 Å². The molecule has 2 aromatic rings. The van der Waals surface area contributed by atoms with Crippen LogP contribution in [-0.2, 0) is 22.5 Å². The third-order valence-corrected chi connectivity index (χ3v) is 3.60. The van der Waals surface area contributed by atoms with Crippen molar-refractivity contribution in [2.45, 2.75) is 38.4 Å². The van der Waals surface area contributed by atoms with E-state index in [0.29, 0.717) is 31.6 Å². The van der Waals surface area contributed by atoms with E-state index in [9.17, 15) is 4.79 Å². The molecule has 0 aliphatic carbocycles. The first-order valence-corrected chi connectivity index (χ1v) is 8.21. The quantitative estimate of drug-likeness (QED) is 0.276. The normalized spacial score (nSPS) is 12.0. The standard InChI is InChI=1S/C14H22BN7O4/c16-12(3-1-2-8-26-15(24)25)14-19-20-21-22(14)10-13(23)18-9-11-4-6-17-7-5-11/h4-7,12,24-25H,1-3,8-10,16H2,(H,18,23). The second kappa shape index (κ2) is 10.6. The number of aromatic nitrogens is 5. The van der Waals surface area contributed by atoms with Crippen molar-refractivity contribution in [1.82, 2.24) is 30.5 Å². The summed E-state index contributed by atoms with van der Waals surface area (Å²) in [4.78, 5) is 16.0. The minimum Gasteiger partial charge on any atom is -0.402 e. The molecule has 0 aliphatic heterocycles. The van der Waals surface area contributed by atoms with E-state index in [2.05, 4.69) is 30.5 Å². The number of tetrazole rings is 1. The number of rotatable bonds is 11. The van der Waals surface area contributed by atoms with E-state index in [1.807, 2.05) is 12.1 Å². The third-order valence-electron chi connectivity index (χ3n) is 3.60. The van der Waals surface area contributed by atoms with Gasteiger partial charge in [0.1, 0.15) is 6.54 Å². The van der Waals surface area contributed by atoms with Crippen molar-refractivity contribution < 1.29 is 19.5 Å². The lowest BCUT2D eigenvalue weighted by atomic mass is 10.1. The molecular formula is C14H22BN7O4. The van der Waals surface area contributed by atoms with E-state index in [4.69, 9.17) is 15.8 Å². The van der Waals surface area contributed by atoms with Crippen LogP contribution in [0.1, 0.15) is 36.7 Å². The van der Waals surface area contributed by atoms with Crippen molar-refractivity contribution >= 4 is 13.2 Å². The summed E-state index contributed by atoms with van der Waals surface area (Å²) in [5, 5.41) is 31.2. The Balaban J connectivity index is 1.76. The zero-order chi connectivity index (χ0) is 18.8. The number of carbonyl (C=O) groups excluding carboxylic acids is 1. The van der Waals surface area contributed by atoms with Crippen LogP contribution in [0.25, 0.3) is 0 Å². The van der Waals surface area contributed by atoms with E-state index in [1.54, 1.807) is 12.4 Å². The molecule has 0 saturated heterocycles. The Bertz CT molecular complexity index is 670. The number of hydrogen-bond acceptors (Lipinski definition) is 9. The number of pyridine rings is 1. The fourth-order valence-corrected chi connectivity index (χ4v) is 2.27. The predicted molar refractivity (Wildman–Crippen MR) is 90.8 cm³/mol. The van der Waals surface area contributed by atoms with Gasteiger partial charge in [0.15, 0.2) is 5.82 Å². The topological polar surface area (TPSA) is 161 Å². The largest absolute Gasteiger partial charge is 0.633 e. The Morgan fingerprint density at radius 1 is 1.35 bits per heavy atom. The van der Waals surface area contributed by atoms with Crippen LogP contribution in [0.15, 0.2) is 24.5 Å². The van der Waals surface area contributed by atoms with Gasteiger partial charge in [0.25, 0.3) is 0 Å². The van der Waals surface area contributed by atoms with Crippen molar-refractivity contribution in [3.05, 3.63) is 35.9 Å². The fourth-order valence-electron chi connectivity index (χ4n) is 2.27. The number of nitrogens with zero attached hydrogens (tertiary/aromatic N) is 5. The molecular weight excluding hydrogens is 341 g/mol. The van der Waals surface area contributed by atoms with Crippen LogP contribution < -0.4 is 11.1 Å². The fraction of sp³-hybridized carbons (Fsp3) is 0.500. The molecule has 0 spiro atoms. The van der Waals surface area contributed by atoms with Gasteiger partial charge in [-0.1, -0.05) is 0 Å². The molecule has 0 radical (unpaired) electrons. The first-order valence-electron chi connectivity index (χ1n) is 8.21. The predicted octanol–water partition coefficient (Wildman–Crippen LogP) is -1.46. The first-order chi connectivity index (χ1) is 12.6. The Morgan fingerprint density at radius 2 is 2.12 bits per heavy atom. The lowest BCUT2D eigenvalue weighted by Crippen LogP contribution is -2.29. The first kappa shape index (κ1) is 19.9. The molecule has 2 heterocycles. The number of nitrogens with two attached hydrogens (primary N) is 1. The SMILES string of the molecule is NC(CCCCOB(O)O)c1nnnn1CC(=O)NCc1ccncc1. The van der Waals surface area contributed by atoms with Crippen molar-refractivity contribution in [1.29, 1.82) is 0 Å². The van der Waals surface area contributed by atoms with Crippen LogP contribution in [0.4, 0.5) is 0 Å². The highest BCUT2D eigenvalue weighted by Gasteiger charge is 2.17. The number of amides is 1. The molecule has 1 unspecified atom stereocenters. The third kappa shape index (κ3) is 6.84. The summed E-state index contributed by atoms with van der Waals surface area (Å²) < 4.78 is 6.00. The summed E-state index contributed by atoms with van der Waals surface area (Å²) in [6, 6.07) is 3.20. The lowest BCUT2D eigenvalue weighted by Gasteiger charge is -2.12. The van der Waals surface area contributed by atoms with Crippen LogP contribution in [-0.4, -0.2) is 55.1 Å². The maximum Gasteiger partial charge on any atom is 0.633 e. The van der Waals surface area contributed by atoms with E-state index >= 15 is 0 Å². The molecule has 140 valence electrons. The van der Waals surface area contributed by atoms with Gasteiger partial charge < -0.3 is 25.8 Å². The van der Waals surface area contributed by atoms with Crippen molar-refractivity contribution in [3.63, 3.8) is 0 Å². The second-order valence-electron chi connectivity index (χ2n) is 5.63. The molecule has 12 heteroatoms. The monoisotopic (exact) mass is 363 g/mol. The number of carbonyl (C=O) groups is 1. The molecule has 0 saturated carbocycles. The van der Waals surface area contributed by atoms with E-state index in [-0.39, 0.29) is 19.1 Å². The smallest absolute Gasteiger partial charge is 0.402 e. The van der Waals surface area contributed by atoms with Gasteiger partial charge in [-0.25, -0.2) is 4.68 Å². The molecule has 1 amide bonds. The molecule has 5 N–H and O–H groups in total. The minimum absolute atomic E-state index is 0.0269. The van der Waals surface area contributed by atoms with Crippen molar-refractivity contribution in [2.75, 3.05) is 6.61 Å². The molecule has 0 bridgehead atoms. The Hall–Kier alpha value is -2.41. The van der Waals surface area contributed by atoms with Gasteiger partial charge in [-0.15, -0.1) is 5.10 Å². The van der Waals surface area contributed by atoms with Gasteiger partial charge in [-0.05, 0) is 47.4 Å². The summed E-state index contributed by atoms with van der Waals surface area (Å²) in [5.74, 6) is 0.195. The van der Waals surface area contributed by atoms with Crippen molar-refractivity contribution in [2.24, 2.45) is 5.73 Å². The molecule has 26 heavy (non-hydrogen) atoms. The second-order valence-corrected chi connectivity index (χ2v) is 5.63. The molecule has 0 fully saturated rings. The Morgan fingerprint density at radius 3 is 2.85 bits per heavy atom. The van der Waals surface area contributed by atoms with Crippen LogP contribution in [0.3, 0.4) is 0 Å². The average Bonchev–Trinajstić information content (AvgIpc) is 3.08.